The molecule has 0 spiro atoms. The lowest BCUT2D eigenvalue weighted by Crippen LogP contribution is -2.53. The van der Waals surface area contributed by atoms with Crippen molar-refractivity contribution >= 4 is 23.9 Å². The molecule has 31 heavy (non-hydrogen) atoms. The van der Waals surface area contributed by atoms with E-state index in [9.17, 15) is 24.3 Å². The van der Waals surface area contributed by atoms with E-state index in [4.69, 9.17) is 16.2 Å². The predicted molar refractivity (Wildman–Crippen MR) is 116 cm³/mol. The summed E-state index contributed by atoms with van der Waals surface area (Å²) in [5.41, 5.74) is 10.7. The number of nitrogens with one attached hydrogen (secondary N) is 3. The summed E-state index contributed by atoms with van der Waals surface area (Å²) >= 11 is 0. The summed E-state index contributed by atoms with van der Waals surface area (Å²) in [5, 5.41) is 16.8. The number of nitrogens with two attached hydrogens (primary N) is 2. The molecule has 0 aliphatic rings. The maximum atomic E-state index is 12.2. The first kappa shape index (κ1) is 28.6. The lowest BCUT2D eigenvalue weighted by atomic mass is 10.1. The van der Waals surface area contributed by atoms with Crippen molar-refractivity contribution in [2.24, 2.45) is 11.5 Å². The highest BCUT2D eigenvalue weighted by Crippen LogP contribution is 2.07. The molecule has 0 aromatic heterocycles. The van der Waals surface area contributed by atoms with Gasteiger partial charge in [-0.15, -0.1) is 0 Å². The lowest BCUT2D eigenvalue weighted by Gasteiger charge is -2.20. The molecule has 0 aliphatic carbocycles. The Hall–Kier alpha value is -2.40. The van der Waals surface area contributed by atoms with E-state index < -0.39 is 47.6 Å². The van der Waals surface area contributed by atoms with Gasteiger partial charge < -0.3 is 37.3 Å². The highest BCUT2D eigenvalue weighted by atomic mass is 16.6. The van der Waals surface area contributed by atoms with E-state index in [-0.39, 0.29) is 6.42 Å². The quantitative estimate of drug-likeness (QED) is 0.205. The molecule has 0 rings (SSSR count). The Balaban J connectivity index is 4.24. The van der Waals surface area contributed by atoms with Crippen molar-refractivity contribution in [3.05, 3.63) is 0 Å². The van der Waals surface area contributed by atoms with Gasteiger partial charge in [-0.3, -0.25) is 9.59 Å². The number of aliphatic carboxylic acids is 1. The largest absolute Gasteiger partial charge is 0.480 e. The van der Waals surface area contributed by atoms with Gasteiger partial charge in [-0.25, -0.2) is 9.59 Å². The fraction of sp³-hybridized carbons (Fsp3) is 0.800. The number of carbonyl (C=O) groups is 4. The van der Waals surface area contributed by atoms with Crippen LogP contribution in [0.2, 0.25) is 0 Å². The molecule has 0 saturated heterocycles. The molecule has 0 aromatic rings. The van der Waals surface area contributed by atoms with Crippen molar-refractivity contribution in [3.8, 4) is 0 Å². The van der Waals surface area contributed by atoms with Crippen LogP contribution in [0.4, 0.5) is 4.79 Å². The lowest BCUT2D eigenvalue weighted by molar-refractivity contribution is -0.142. The number of carboxylic acids is 1. The van der Waals surface area contributed by atoms with E-state index >= 15 is 0 Å². The van der Waals surface area contributed by atoms with E-state index in [0.717, 1.165) is 0 Å². The minimum absolute atomic E-state index is 0.260. The summed E-state index contributed by atoms with van der Waals surface area (Å²) in [4.78, 5) is 47.2. The van der Waals surface area contributed by atoms with Crippen LogP contribution in [0.3, 0.4) is 0 Å². The third kappa shape index (κ3) is 14.3. The molecule has 0 bridgehead atoms. The second-order valence-electron chi connectivity index (χ2n) is 8.45. The number of hydrogen-bond donors (Lipinski definition) is 6. The van der Waals surface area contributed by atoms with Crippen molar-refractivity contribution in [2.45, 2.75) is 89.9 Å². The summed E-state index contributed by atoms with van der Waals surface area (Å²) in [6.07, 6.45) is 2.56. The molecule has 0 heterocycles. The molecule has 180 valence electrons. The topological polar surface area (TPSA) is 186 Å². The Morgan fingerprint density at radius 2 is 1.58 bits per heavy atom. The van der Waals surface area contributed by atoms with Gasteiger partial charge in [-0.1, -0.05) is 0 Å². The third-order valence-electron chi connectivity index (χ3n) is 4.26. The minimum atomic E-state index is -1.14. The predicted octanol–water partition coefficient (Wildman–Crippen LogP) is 0.212. The molecule has 0 unspecified atom stereocenters. The average molecular weight is 446 g/mol. The number of alkyl carbamates (subject to hydrolysis) is 1. The van der Waals surface area contributed by atoms with Gasteiger partial charge in [0.05, 0.1) is 6.04 Å². The van der Waals surface area contributed by atoms with Gasteiger partial charge in [0.1, 0.15) is 17.7 Å². The van der Waals surface area contributed by atoms with Crippen molar-refractivity contribution < 1.29 is 29.0 Å². The molecule has 8 N–H and O–H groups in total. The highest BCUT2D eigenvalue weighted by molar-refractivity contribution is 5.91. The van der Waals surface area contributed by atoms with Crippen LogP contribution in [0, 0.1) is 0 Å². The van der Waals surface area contributed by atoms with Crippen molar-refractivity contribution in [2.75, 3.05) is 13.1 Å². The highest BCUT2D eigenvalue weighted by Gasteiger charge is 2.25. The summed E-state index contributed by atoms with van der Waals surface area (Å²) < 4.78 is 5.12. The number of amides is 3. The molecular formula is C20H39N5O6. The van der Waals surface area contributed by atoms with E-state index in [0.29, 0.717) is 45.2 Å². The van der Waals surface area contributed by atoms with E-state index in [1.807, 2.05) is 0 Å². The van der Waals surface area contributed by atoms with Crippen LogP contribution in [0.5, 0.6) is 0 Å². The Morgan fingerprint density at radius 3 is 2.13 bits per heavy atom. The number of carbonyl (C=O) groups excluding carboxylic acids is 3. The number of hydrogen-bond acceptors (Lipinski definition) is 7. The van der Waals surface area contributed by atoms with Crippen molar-refractivity contribution in [3.63, 3.8) is 0 Å². The Bertz CT molecular complexity index is 593. The minimum Gasteiger partial charge on any atom is -0.480 e. The molecule has 3 amide bonds. The second-order valence-corrected chi connectivity index (χ2v) is 8.45. The normalized spacial score (nSPS) is 14.1. The van der Waals surface area contributed by atoms with Crippen LogP contribution in [0.15, 0.2) is 0 Å². The van der Waals surface area contributed by atoms with Crippen LogP contribution < -0.4 is 27.4 Å². The zero-order valence-corrected chi connectivity index (χ0v) is 19.0. The van der Waals surface area contributed by atoms with Crippen LogP contribution in [-0.4, -0.2) is 65.8 Å². The van der Waals surface area contributed by atoms with Gasteiger partial charge in [0.25, 0.3) is 0 Å². The fourth-order valence-corrected chi connectivity index (χ4v) is 2.56. The fourth-order valence-electron chi connectivity index (χ4n) is 2.56. The molecule has 3 atom stereocenters. The zero-order valence-electron chi connectivity index (χ0n) is 19.0. The van der Waals surface area contributed by atoms with Gasteiger partial charge in [-0.2, -0.15) is 0 Å². The maximum Gasteiger partial charge on any atom is 0.407 e. The summed E-state index contributed by atoms with van der Waals surface area (Å²) in [5.74, 6) is -2.24. The molecule has 0 aromatic carbocycles. The first-order valence-electron chi connectivity index (χ1n) is 10.6. The molecule has 0 radical (unpaired) electrons. The van der Waals surface area contributed by atoms with Crippen LogP contribution >= 0.6 is 0 Å². The third-order valence-corrected chi connectivity index (χ3v) is 4.26. The standard InChI is InChI=1S/C20H39N5O6/c1-13(16(26)25-15(18(28)29)10-5-7-11-21)24-17(27)14(22)9-6-8-12-23-19(30)31-20(2,3)4/h13-15H,5-12,21-22H2,1-4H3,(H,23,30)(H,24,27)(H,25,26)(H,28,29)/t13-,14-,15-/m0/s1. The van der Waals surface area contributed by atoms with Gasteiger partial charge in [0.15, 0.2) is 0 Å². The SMILES string of the molecule is C[C@H](NC(=O)[C@@H](N)CCCCNC(=O)OC(C)(C)C)C(=O)N[C@@H](CCCCN)C(=O)O. The van der Waals surface area contributed by atoms with Crippen LogP contribution in [0.25, 0.3) is 0 Å². The maximum absolute atomic E-state index is 12.2. The molecule has 11 heteroatoms. The van der Waals surface area contributed by atoms with Gasteiger partial charge >= 0.3 is 12.1 Å². The van der Waals surface area contributed by atoms with E-state index in [1.165, 1.54) is 6.92 Å². The monoisotopic (exact) mass is 445 g/mol. The zero-order chi connectivity index (χ0) is 24.0. The second kappa shape index (κ2) is 14.6. The number of unbranched alkanes of at least 4 members (excludes halogenated alkanes) is 2. The smallest absolute Gasteiger partial charge is 0.407 e. The van der Waals surface area contributed by atoms with Gasteiger partial charge in [0.2, 0.25) is 11.8 Å². The Kier molecular flexibility index (Phi) is 13.4. The molecule has 0 aliphatic heterocycles. The number of ether oxygens (including phenoxy) is 1. The van der Waals surface area contributed by atoms with Gasteiger partial charge in [-0.05, 0) is 72.8 Å². The number of rotatable bonds is 14. The molecule has 0 fully saturated rings. The Labute approximate surface area is 184 Å². The molecule has 11 nitrogen and oxygen atoms in total. The molecule has 0 saturated carbocycles. The van der Waals surface area contributed by atoms with E-state index in [1.54, 1.807) is 20.8 Å². The van der Waals surface area contributed by atoms with Crippen molar-refractivity contribution in [1.82, 2.24) is 16.0 Å². The van der Waals surface area contributed by atoms with Crippen LogP contribution in [-0.2, 0) is 19.1 Å². The molecular weight excluding hydrogens is 406 g/mol. The summed E-state index contributed by atoms with van der Waals surface area (Å²) in [6.45, 7) is 7.62. The first-order valence-corrected chi connectivity index (χ1v) is 10.6. The number of carboxylic acid groups (broad SMARTS) is 1. The summed E-state index contributed by atoms with van der Waals surface area (Å²) in [7, 11) is 0. The average Bonchev–Trinajstić information content (AvgIpc) is 2.64. The van der Waals surface area contributed by atoms with Crippen LogP contribution in [0.1, 0.15) is 66.2 Å². The van der Waals surface area contributed by atoms with E-state index in [2.05, 4.69) is 16.0 Å². The first-order chi connectivity index (χ1) is 14.4. The summed E-state index contributed by atoms with van der Waals surface area (Å²) in [6, 6.07) is -2.79. The van der Waals surface area contributed by atoms with Crippen molar-refractivity contribution in [1.29, 1.82) is 0 Å². The Morgan fingerprint density at radius 1 is 0.968 bits per heavy atom. The van der Waals surface area contributed by atoms with Gasteiger partial charge in [0, 0.05) is 6.54 Å².